The first-order valence-corrected chi connectivity index (χ1v) is 7.68. The van der Waals surface area contributed by atoms with Crippen molar-refractivity contribution in [3.63, 3.8) is 0 Å². The molecule has 2 atom stereocenters. The predicted molar refractivity (Wildman–Crippen MR) is 89.3 cm³/mol. The molecule has 0 saturated carbocycles. The van der Waals surface area contributed by atoms with Crippen LogP contribution in [-0.4, -0.2) is 6.04 Å². The van der Waals surface area contributed by atoms with Crippen molar-refractivity contribution < 1.29 is 4.74 Å². The number of halogens is 2. The minimum absolute atomic E-state index is 0.00825. The number of benzene rings is 2. The highest BCUT2D eigenvalue weighted by Gasteiger charge is 2.16. The lowest BCUT2D eigenvalue weighted by atomic mass is 10.1. The summed E-state index contributed by atoms with van der Waals surface area (Å²) in [6, 6.07) is 13.6. The Hall–Kier alpha value is -1.22. The maximum absolute atomic E-state index is 6.30. The van der Waals surface area contributed by atoms with E-state index in [0.717, 1.165) is 11.1 Å². The van der Waals surface area contributed by atoms with Crippen molar-refractivity contribution in [2.75, 3.05) is 0 Å². The molecule has 0 amide bonds. The lowest BCUT2D eigenvalue weighted by molar-refractivity contribution is 0.224. The van der Waals surface area contributed by atoms with Crippen LogP contribution in [0.4, 0.5) is 0 Å². The van der Waals surface area contributed by atoms with Gasteiger partial charge in [0.15, 0.2) is 0 Å². The van der Waals surface area contributed by atoms with Gasteiger partial charge in [-0.2, -0.15) is 0 Å². The average Bonchev–Trinajstić information content (AvgIpc) is 2.42. The molecule has 0 aliphatic heterocycles. The van der Waals surface area contributed by atoms with Crippen LogP contribution in [0.5, 0.6) is 5.75 Å². The molecule has 0 bridgehead atoms. The Balaban J connectivity index is 2.30. The fourth-order valence-electron chi connectivity index (χ4n) is 2.21. The first-order chi connectivity index (χ1) is 9.97. The van der Waals surface area contributed by atoms with Gasteiger partial charge in [0.05, 0.1) is 5.02 Å². The van der Waals surface area contributed by atoms with Gasteiger partial charge in [-0.05, 0) is 43.5 Å². The van der Waals surface area contributed by atoms with Crippen molar-refractivity contribution in [2.45, 2.75) is 32.4 Å². The van der Waals surface area contributed by atoms with Crippen LogP contribution in [0.25, 0.3) is 0 Å². The summed E-state index contributed by atoms with van der Waals surface area (Å²) >= 11 is 12.4. The Morgan fingerprint density at radius 1 is 1.10 bits per heavy atom. The summed E-state index contributed by atoms with van der Waals surface area (Å²) in [4.78, 5) is 0. The average molecular weight is 324 g/mol. The van der Waals surface area contributed by atoms with E-state index in [0.29, 0.717) is 22.2 Å². The fraction of sp³-hybridized carbons (Fsp3) is 0.294. The second kappa shape index (κ2) is 7.17. The van der Waals surface area contributed by atoms with E-state index in [1.807, 2.05) is 50.2 Å². The molecule has 2 aromatic rings. The topological polar surface area (TPSA) is 35.2 Å². The third-order valence-electron chi connectivity index (χ3n) is 3.19. The van der Waals surface area contributed by atoms with Gasteiger partial charge >= 0.3 is 0 Å². The first kappa shape index (κ1) is 16.2. The minimum atomic E-state index is -0.100. The molecule has 2 nitrogen and oxygen atoms in total. The zero-order valence-corrected chi connectivity index (χ0v) is 13.7. The van der Waals surface area contributed by atoms with Crippen LogP contribution in [0.15, 0.2) is 42.5 Å². The standard InChI is InChI=1S/C17H19Cl2NO/c1-11(20)8-14-9-15(18)10-16(19)17(14)21-12(2)13-6-4-3-5-7-13/h3-7,9-12H,8,20H2,1-2H3. The molecular formula is C17H19Cl2NO. The molecule has 2 N–H and O–H groups in total. The van der Waals surface area contributed by atoms with Crippen molar-refractivity contribution in [1.82, 2.24) is 0 Å². The smallest absolute Gasteiger partial charge is 0.142 e. The third kappa shape index (κ3) is 4.37. The Kier molecular flexibility index (Phi) is 5.51. The number of nitrogens with two attached hydrogens (primary N) is 1. The second-order valence-corrected chi connectivity index (χ2v) is 6.07. The summed E-state index contributed by atoms with van der Waals surface area (Å²) in [6.07, 6.45) is 0.564. The van der Waals surface area contributed by atoms with Crippen LogP contribution < -0.4 is 10.5 Å². The summed E-state index contributed by atoms with van der Waals surface area (Å²) < 4.78 is 6.07. The van der Waals surface area contributed by atoms with Gasteiger partial charge in [-0.1, -0.05) is 53.5 Å². The molecule has 0 saturated heterocycles. The predicted octanol–water partition coefficient (Wildman–Crippen LogP) is 5.02. The molecule has 0 aliphatic rings. The number of ether oxygens (including phenoxy) is 1. The van der Waals surface area contributed by atoms with Crippen molar-refractivity contribution in [2.24, 2.45) is 5.73 Å². The Morgan fingerprint density at radius 3 is 2.38 bits per heavy atom. The molecule has 0 aromatic heterocycles. The van der Waals surface area contributed by atoms with Crippen molar-refractivity contribution >= 4 is 23.2 Å². The lowest BCUT2D eigenvalue weighted by Crippen LogP contribution is -2.18. The highest BCUT2D eigenvalue weighted by Crippen LogP contribution is 2.36. The molecule has 112 valence electrons. The van der Waals surface area contributed by atoms with Gasteiger partial charge in [-0.25, -0.2) is 0 Å². The molecule has 2 rings (SSSR count). The van der Waals surface area contributed by atoms with Gasteiger partial charge in [-0.3, -0.25) is 0 Å². The van der Waals surface area contributed by atoms with Gasteiger partial charge in [0.25, 0.3) is 0 Å². The van der Waals surface area contributed by atoms with Crippen molar-refractivity contribution in [3.05, 3.63) is 63.6 Å². The maximum atomic E-state index is 6.30. The molecule has 0 radical (unpaired) electrons. The molecule has 0 spiro atoms. The summed E-state index contributed by atoms with van der Waals surface area (Å²) in [6.45, 7) is 3.94. The van der Waals surface area contributed by atoms with E-state index in [1.54, 1.807) is 6.07 Å². The lowest BCUT2D eigenvalue weighted by Gasteiger charge is -2.20. The molecule has 4 heteroatoms. The van der Waals surface area contributed by atoms with E-state index >= 15 is 0 Å². The fourth-order valence-corrected chi connectivity index (χ4v) is 2.79. The minimum Gasteiger partial charge on any atom is -0.484 e. The highest BCUT2D eigenvalue weighted by atomic mass is 35.5. The molecule has 21 heavy (non-hydrogen) atoms. The van der Waals surface area contributed by atoms with Gasteiger partial charge in [0.1, 0.15) is 11.9 Å². The second-order valence-electron chi connectivity index (χ2n) is 5.23. The Bertz CT molecular complexity index is 599. The van der Waals surface area contributed by atoms with E-state index in [4.69, 9.17) is 33.7 Å². The number of hydrogen-bond donors (Lipinski definition) is 1. The molecular weight excluding hydrogens is 305 g/mol. The number of rotatable bonds is 5. The van der Waals surface area contributed by atoms with Crippen LogP contribution in [0.3, 0.4) is 0 Å². The van der Waals surface area contributed by atoms with E-state index in [9.17, 15) is 0 Å². The van der Waals surface area contributed by atoms with Gasteiger partial charge in [-0.15, -0.1) is 0 Å². The van der Waals surface area contributed by atoms with Crippen molar-refractivity contribution in [3.8, 4) is 5.75 Å². The molecule has 0 fully saturated rings. The van der Waals surface area contributed by atoms with Gasteiger partial charge in [0, 0.05) is 11.1 Å². The molecule has 2 aromatic carbocycles. The quantitative estimate of drug-likeness (QED) is 0.838. The zero-order chi connectivity index (χ0) is 15.4. The van der Waals surface area contributed by atoms with E-state index in [-0.39, 0.29) is 12.1 Å². The number of hydrogen-bond acceptors (Lipinski definition) is 2. The monoisotopic (exact) mass is 323 g/mol. The maximum Gasteiger partial charge on any atom is 0.142 e. The van der Waals surface area contributed by atoms with Crippen LogP contribution in [0.2, 0.25) is 10.0 Å². The SMILES string of the molecule is CC(N)Cc1cc(Cl)cc(Cl)c1OC(C)c1ccccc1. The van der Waals surface area contributed by atoms with Crippen LogP contribution in [0, 0.1) is 0 Å². The Labute approximate surface area is 135 Å². The van der Waals surface area contributed by atoms with Crippen LogP contribution in [-0.2, 0) is 6.42 Å². The zero-order valence-electron chi connectivity index (χ0n) is 12.1. The highest BCUT2D eigenvalue weighted by molar-refractivity contribution is 6.35. The first-order valence-electron chi connectivity index (χ1n) is 6.92. The van der Waals surface area contributed by atoms with Crippen LogP contribution in [0.1, 0.15) is 31.1 Å². The summed E-state index contributed by atoms with van der Waals surface area (Å²) in [5.41, 5.74) is 7.92. The summed E-state index contributed by atoms with van der Waals surface area (Å²) in [5.74, 6) is 0.662. The largest absolute Gasteiger partial charge is 0.484 e. The Morgan fingerprint density at radius 2 is 1.76 bits per heavy atom. The molecule has 0 aliphatic carbocycles. The molecule has 0 heterocycles. The third-order valence-corrected chi connectivity index (χ3v) is 3.69. The van der Waals surface area contributed by atoms with Crippen molar-refractivity contribution in [1.29, 1.82) is 0 Å². The summed E-state index contributed by atoms with van der Waals surface area (Å²) in [7, 11) is 0. The summed E-state index contributed by atoms with van der Waals surface area (Å²) in [5, 5.41) is 1.11. The normalized spacial score (nSPS) is 13.8. The van der Waals surface area contributed by atoms with E-state index < -0.39 is 0 Å². The van der Waals surface area contributed by atoms with Crippen LogP contribution >= 0.6 is 23.2 Å². The molecule has 2 unspecified atom stereocenters. The van der Waals surface area contributed by atoms with Gasteiger partial charge < -0.3 is 10.5 Å². The van der Waals surface area contributed by atoms with Gasteiger partial charge in [0.2, 0.25) is 0 Å². The van der Waals surface area contributed by atoms with E-state index in [2.05, 4.69) is 0 Å². The van der Waals surface area contributed by atoms with E-state index in [1.165, 1.54) is 0 Å².